The molecular weight excluding hydrogens is 356 g/mol. The summed E-state index contributed by atoms with van der Waals surface area (Å²) >= 11 is 1.59. The standard InChI is InChI=1S/C20H14N6S/c1-26-11-22-10-17(26)18-7-15-19(13(8-21)9-24-20(15)27-18)25-14-2-3-16-12(6-14)4-5-23-16/h2-7,9-11,23H,1H3,(H,24,25). The number of aromatic amines is 1. The van der Waals surface area contributed by atoms with E-state index in [0.29, 0.717) is 5.56 Å². The lowest BCUT2D eigenvalue weighted by Crippen LogP contribution is -1.95. The number of nitrogens with one attached hydrogen (secondary N) is 2. The first kappa shape index (κ1) is 15.6. The van der Waals surface area contributed by atoms with Crippen molar-refractivity contribution in [1.82, 2.24) is 19.5 Å². The molecule has 0 spiro atoms. The molecule has 0 amide bonds. The first-order valence-electron chi connectivity index (χ1n) is 8.36. The van der Waals surface area contributed by atoms with Crippen molar-refractivity contribution in [2.24, 2.45) is 7.05 Å². The van der Waals surface area contributed by atoms with Crippen molar-refractivity contribution in [3.63, 3.8) is 0 Å². The lowest BCUT2D eigenvalue weighted by atomic mass is 10.1. The van der Waals surface area contributed by atoms with Crippen LogP contribution in [0.5, 0.6) is 0 Å². The lowest BCUT2D eigenvalue weighted by molar-refractivity contribution is 0.923. The number of pyridine rings is 1. The van der Waals surface area contributed by atoms with E-state index in [9.17, 15) is 5.26 Å². The number of imidazole rings is 1. The fourth-order valence-corrected chi connectivity index (χ4v) is 4.27. The van der Waals surface area contributed by atoms with Gasteiger partial charge in [-0.25, -0.2) is 9.97 Å². The zero-order chi connectivity index (χ0) is 18.4. The number of nitrogens with zero attached hydrogens (tertiary/aromatic N) is 4. The van der Waals surface area contributed by atoms with E-state index in [1.54, 1.807) is 23.9 Å². The highest BCUT2D eigenvalue weighted by Crippen LogP contribution is 2.38. The van der Waals surface area contributed by atoms with Gasteiger partial charge in [-0.2, -0.15) is 5.26 Å². The van der Waals surface area contributed by atoms with Crippen LogP contribution in [0.2, 0.25) is 0 Å². The molecule has 0 unspecified atom stereocenters. The average Bonchev–Trinajstić information content (AvgIpc) is 3.40. The quantitative estimate of drug-likeness (QED) is 0.478. The van der Waals surface area contributed by atoms with Gasteiger partial charge >= 0.3 is 0 Å². The molecule has 6 nitrogen and oxygen atoms in total. The Morgan fingerprint density at radius 1 is 1.22 bits per heavy atom. The summed E-state index contributed by atoms with van der Waals surface area (Å²) in [5.74, 6) is 0. The van der Waals surface area contributed by atoms with Gasteiger partial charge in [-0.05, 0) is 30.3 Å². The zero-order valence-electron chi connectivity index (χ0n) is 14.4. The van der Waals surface area contributed by atoms with Gasteiger partial charge in [0.25, 0.3) is 0 Å². The Kier molecular flexibility index (Phi) is 3.45. The molecule has 0 aliphatic carbocycles. The Morgan fingerprint density at radius 2 is 2.15 bits per heavy atom. The Labute approximate surface area is 158 Å². The van der Waals surface area contributed by atoms with Gasteiger partial charge in [0.1, 0.15) is 10.9 Å². The van der Waals surface area contributed by atoms with Crippen molar-refractivity contribution in [2.45, 2.75) is 0 Å². The normalized spacial score (nSPS) is 11.1. The van der Waals surface area contributed by atoms with E-state index in [2.05, 4.69) is 38.5 Å². The maximum Gasteiger partial charge on any atom is 0.126 e. The second kappa shape index (κ2) is 5.97. The highest BCUT2D eigenvalue weighted by molar-refractivity contribution is 7.21. The van der Waals surface area contributed by atoms with E-state index < -0.39 is 0 Å². The third-order valence-electron chi connectivity index (χ3n) is 4.57. The van der Waals surface area contributed by atoms with E-state index in [1.165, 1.54) is 0 Å². The SMILES string of the molecule is Cn1cncc1-c1cc2c(Nc3ccc4[nH]ccc4c3)c(C#N)cnc2s1. The van der Waals surface area contributed by atoms with Crippen molar-refractivity contribution in [3.05, 3.63) is 60.8 Å². The molecule has 0 atom stereocenters. The molecule has 0 saturated carbocycles. The van der Waals surface area contributed by atoms with Crippen LogP contribution in [-0.2, 0) is 7.05 Å². The molecule has 0 aliphatic rings. The topological polar surface area (TPSA) is 82.3 Å². The van der Waals surface area contributed by atoms with Crippen molar-refractivity contribution < 1.29 is 0 Å². The Balaban J connectivity index is 1.66. The number of hydrogen-bond donors (Lipinski definition) is 2. The minimum absolute atomic E-state index is 0.519. The van der Waals surface area contributed by atoms with E-state index >= 15 is 0 Å². The summed E-state index contributed by atoms with van der Waals surface area (Å²) in [6.07, 6.45) is 7.16. The van der Waals surface area contributed by atoms with Crippen LogP contribution in [0.4, 0.5) is 11.4 Å². The van der Waals surface area contributed by atoms with Gasteiger partial charge in [0, 0.05) is 41.4 Å². The van der Waals surface area contributed by atoms with E-state index in [-0.39, 0.29) is 0 Å². The van der Waals surface area contributed by atoms with Gasteiger partial charge in [0.2, 0.25) is 0 Å². The number of anilines is 2. The number of hydrogen-bond acceptors (Lipinski definition) is 5. The molecule has 2 N–H and O–H groups in total. The molecule has 0 bridgehead atoms. The molecule has 4 heterocycles. The first-order valence-corrected chi connectivity index (χ1v) is 9.18. The maximum absolute atomic E-state index is 9.58. The third-order valence-corrected chi connectivity index (χ3v) is 5.64. The monoisotopic (exact) mass is 370 g/mol. The van der Waals surface area contributed by atoms with Gasteiger partial charge < -0.3 is 14.9 Å². The predicted molar refractivity (Wildman–Crippen MR) is 108 cm³/mol. The van der Waals surface area contributed by atoms with Crippen LogP contribution in [0.25, 0.3) is 31.7 Å². The van der Waals surface area contributed by atoms with E-state index in [1.807, 2.05) is 42.2 Å². The molecule has 1 aromatic carbocycles. The molecule has 5 aromatic rings. The van der Waals surface area contributed by atoms with Crippen molar-refractivity contribution >= 4 is 43.8 Å². The third kappa shape index (κ3) is 2.55. The summed E-state index contributed by atoms with van der Waals surface area (Å²) in [7, 11) is 1.96. The number of fused-ring (bicyclic) bond motifs is 2. The molecule has 0 saturated heterocycles. The number of nitriles is 1. The van der Waals surface area contributed by atoms with Crippen LogP contribution < -0.4 is 5.32 Å². The number of thiophene rings is 1. The maximum atomic E-state index is 9.58. The van der Waals surface area contributed by atoms with Crippen LogP contribution in [0.15, 0.2) is 55.2 Å². The summed E-state index contributed by atoms with van der Waals surface area (Å²) in [4.78, 5) is 13.8. The molecule has 130 valence electrons. The molecule has 0 radical (unpaired) electrons. The highest BCUT2D eigenvalue weighted by atomic mass is 32.1. The van der Waals surface area contributed by atoms with Gasteiger partial charge in [-0.15, -0.1) is 11.3 Å². The van der Waals surface area contributed by atoms with Gasteiger partial charge in [-0.3, -0.25) is 0 Å². The van der Waals surface area contributed by atoms with Crippen LogP contribution in [0, 0.1) is 11.3 Å². The van der Waals surface area contributed by atoms with Crippen molar-refractivity contribution in [1.29, 1.82) is 5.26 Å². The van der Waals surface area contributed by atoms with E-state index in [0.717, 1.165) is 43.1 Å². The van der Waals surface area contributed by atoms with Crippen LogP contribution >= 0.6 is 11.3 Å². The predicted octanol–water partition coefficient (Wildman–Crippen LogP) is 4.79. The summed E-state index contributed by atoms with van der Waals surface area (Å²) < 4.78 is 1.98. The zero-order valence-corrected chi connectivity index (χ0v) is 15.2. The largest absolute Gasteiger partial charge is 0.361 e. The number of aryl methyl sites for hydroxylation is 1. The minimum atomic E-state index is 0.519. The summed E-state index contributed by atoms with van der Waals surface area (Å²) in [5, 5.41) is 15.1. The molecule has 5 rings (SSSR count). The van der Waals surface area contributed by atoms with Crippen LogP contribution in [0.1, 0.15) is 5.56 Å². The fourth-order valence-electron chi connectivity index (χ4n) is 3.20. The Morgan fingerprint density at radius 3 is 2.96 bits per heavy atom. The van der Waals surface area contributed by atoms with Crippen LogP contribution in [0.3, 0.4) is 0 Å². The summed E-state index contributed by atoms with van der Waals surface area (Å²) in [5.41, 5.74) is 4.33. The molecule has 4 aromatic heterocycles. The smallest absolute Gasteiger partial charge is 0.126 e. The Bertz CT molecular complexity index is 1330. The molecular formula is C20H14N6S. The van der Waals surface area contributed by atoms with E-state index in [4.69, 9.17) is 0 Å². The number of rotatable bonds is 3. The van der Waals surface area contributed by atoms with Crippen molar-refractivity contribution in [3.8, 4) is 16.6 Å². The van der Waals surface area contributed by atoms with Crippen molar-refractivity contribution in [2.75, 3.05) is 5.32 Å². The van der Waals surface area contributed by atoms with Gasteiger partial charge in [0.15, 0.2) is 0 Å². The first-order chi connectivity index (χ1) is 13.2. The average molecular weight is 370 g/mol. The highest BCUT2D eigenvalue weighted by Gasteiger charge is 2.15. The summed E-state index contributed by atoms with van der Waals surface area (Å²) in [6.45, 7) is 0. The molecule has 27 heavy (non-hydrogen) atoms. The van der Waals surface area contributed by atoms with Crippen LogP contribution in [-0.4, -0.2) is 19.5 Å². The Hall–Kier alpha value is -3.63. The lowest BCUT2D eigenvalue weighted by Gasteiger charge is -2.09. The number of benzene rings is 1. The molecule has 0 fully saturated rings. The second-order valence-corrected chi connectivity index (χ2v) is 7.31. The second-order valence-electron chi connectivity index (χ2n) is 6.28. The molecule has 7 heteroatoms. The summed E-state index contributed by atoms with van der Waals surface area (Å²) in [6, 6.07) is 12.4. The number of aromatic nitrogens is 4. The fraction of sp³-hybridized carbons (Fsp3) is 0.0500. The van der Waals surface area contributed by atoms with Gasteiger partial charge in [0.05, 0.1) is 34.3 Å². The minimum Gasteiger partial charge on any atom is -0.361 e. The number of H-pyrrole nitrogens is 1. The molecule has 0 aliphatic heterocycles. The van der Waals surface area contributed by atoms with Gasteiger partial charge in [-0.1, -0.05) is 0 Å².